The summed E-state index contributed by atoms with van der Waals surface area (Å²) in [5.74, 6) is 0.113. The van der Waals surface area contributed by atoms with Crippen molar-refractivity contribution in [1.82, 2.24) is 5.32 Å². The molecule has 0 saturated carbocycles. The minimum atomic E-state index is -0.437. The van der Waals surface area contributed by atoms with E-state index >= 15 is 0 Å². The molecule has 2 aromatic rings. The van der Waals surface area contributed by atoms with E-state index in [-0.39, 0.29) is 11.3 Å². The zero-order valence-corrected chi connectivity index (χ0v) is 13.5. The van der Waals surface area contributed by atoms with Crippen molar-refractivity contribution in [3.05, 3.63) is 63.2 Å². The van der Waals surface area contributed by atoms with Crippen LogP contribution < -0.4 is 10.7 Å². The van der Waals surface area contributed by atoms with Gasteiger partial charge in [-0.05, 0) is 30.5 Å². The summed E-state index contributed by atoms with van der Waals surface area (Å²) in [5.41, 5.74) is 0.484. The number of rotatable bonds is 6. The number of hydrogen-bond donors (Lipinski definition) is 2. The zero-order chi connectivity index (χ0) is 16.2. The van der Waals surface area contributed by atoms with Gasteiger partial charge >= 0.3 is 0 Å². The van der Waals surface area contributed by atoms with Gasteiger partial charge in [0.2, 0.25) is 5.43 Å². The summed E-state index contributed by atoms with van der Waals surface area (Å²) in [5, 5.41) is 13.4. The second kappa shape index (κ2) is 6.99. The number of hydrogen-bond acceptors (Lipinski definition) is 4. The summed E-state index contributed by atoms with van der Waals surface area (Å²) in [4.78, 5) is 11.5. The van der Waals surface area contributed by atoms with E-state index in [1.165, 1.54) is 6.07 Å². The summed E-state index contributed by atoms with van der Waals surface area (Å²) in [7, 11) is 0. The molecule has 0 spiro atoms. The first-order valence-electron chi connectivity index (χ1n) is 7.32. The average Bonchev–Trinajstić information content (AvgIpc) is 2.53. The molecule has 4 nitrogen and oxygen atoms in total. The second-order valence-corrected chi connectivity index (χ2v) is 5.68. The van der Waals surface area contributed by atoms with E-state index in [1.807, 2.05) is 24.3 Å². The minimum Gasteiger partial charge on any atom is -0.502 e. The third kappa shape index (κ3) is 3.51. The molecule has 0 aliphatic carbocycles. The van der Waals surface area contributed by atoms with Crippen molar-refractivity contribution in [1.29, 1.82) is 0 Å². The highest BCUT2D eigenvalue weighted by atomic mass is 35.5. The summed E-state index contributed by atoms with van der Waals surface area (Å²) in [6.07, 6.45) is 2.84. The molecule has 0 saturated heterocycles. The zero-order valence-electron chi connectivity index (χ0n) is 12.7. The fourth-order valence-corrected chi connectivity index (χ4v) is 2.70. The van der Waals surface area contributed by atoms with Crippen molar-refractivity contribution >= 4 is 11.6 Å². The van der Waals surface area contributed by atoms with Crippen molar-refractivity contribution in [3.63, 3.8) is 0 Å². The lowest BCUT2D eigenvalue weighted by Crippen LogP contribution is -2.41. The first kappa shape index (κ1) is 16.6. The van der Waals surface area contributed by atoms with Crippen LogP contribution in [0.2, 0.25) is 5.02 Å². The maximum atomic E-state index is 11.5. The fourth-order valence-electron chi connectivity index (χ4n) is 2.57. The van der Waals surface area contributed by atoms with E-state index in [0.717, 1.165) is 24.7 Å². The van der Waals surface area contributed by atoms with Gasteiger partial charge in [0.05, 0.1) is 6.54 Å². The minimum absolute atomic E-state index is 0.221. The quantitative estimate of drug-likeness (QED) is 0.849. The van der Waals surface area contributed by atoms with Gasteiger partial charge in [-0.15, -0.1) is 0 Å². The van der Waals surface area contributed by atoms with E-state index in [4.69, 9.17) is 16.0 Å². The van der Waals surface area contributed by atoms with Crippen LogP contribution in [0.15, 0.2) is 45.8 Å². The Morgan fingerprint density at radius 3 is 2.41 bits per heavy atom. The van der Waals surface area contributed by atoms with Crippen molar-refractivity contribution in [2.75, 3.05) is 0 Å². The molecule has 0 aliphatic rings. The monoisotopic (exact) mass is 321 g/mol. The van der Waals surface area contributed by atoms with Crippen LogP contribution in [0.1, 0.15) is 38.0 Å². The van der Waals surface area contributed by atoms with Crippen LogP contribution in [0.4, 0.5) is 0 Å². The van der Waals surface area contributed by atoms with Crippen LogP contribution in [0, 0.1) is 0 Å². The van der Waals surface area contributed by atoms with Gasteiger partial charge in [0, 0.05) is 16.6 Å². The van der Waals surface area contributed by atoms with Crippen LogP contribution in [-0.2, 0) is 12.1 Å². The first-order chi connectivity index (χ1) is 10.5. The molecule has 22 heavy (non-hydrogen) atoms. The van der Waals surface area contributed by atoms with Crippen LogP contribution >= 0.6 is 11.6 Å². The van der Waals surface area contributed by atoms with Gasteiger partial charge in [-0.25, -0.2) is 0 Å². The summed E-state index contributed by atoms with van der Waals surface area (Å²) < 4.78 is 5.24. The van der Waals surface area contributed by atoms with Crippen molar-refractivity contribution in [3.8, 4) is 5.75 Å². The highest BCUT2D eigenvalue weighted by Crippen LogP contribution is 2.30. The average molecular weight is 322 g/mol. The highest BCUT2D eigenvalue weighted by Gasteiger charge is 2.27. The number of halogens is 1. The number of nitrogens with one attached hydrogen (secondary N) is 1. The Kier molecular flexibility index (Phi) is 5.27. The molecule has 2 rings (SSSR count). The Morgan fingerprint density at radius 2 is 1.86 bits per heavy atom. The van der Waals surface area contributed by atoms with E-state index in [9.17, 15) is 9.90 Å². The molecule has 0 atom stereocenters. The maximum absolute atomic E-state index is 11.5. The van der Waals surface area contributed by atoms with Crippen LogP contribution in [-0.4, -0.2) is 5.11 Å². The molecule has 118 valence electrons. The van der Waals surface area contributed by atoms with E-state index < -0.39 is 5.43 Å². The summed E-state index contributed by atoms with van der Waals surface area (Å²) in [6, 6.07) is 9.07. The third-order valence-electron chi connectivity index (χ3n) is 4.07. The highest BCUT2D eigenvalue weighted by molar-refractivity contribution is 6.30. The number of aromatic hydroxyl groups is 1. The molecule has 0 amide bonds. The predicted molar refractivity (Wildman–Crippen MR) is 87.2 cm³/mol. The summed E-state index contributed by atoms with van der Waals surface area (Å²) >= 11 is 5.96. The van der Waals surface area contributed by atoms with Crippen molar-refractivity contribution in [2.24, 2.45) is 0 Å². The van der Waals surface area contributed by atoms with Crippen molar-refractivity contribution in [2.45, 2.75) is 38.8 Å². The Morgan fingerprint density at radius 1 is 1.23 bits per heavy atom. The molecule has 0 radical (unpaired) electrons. The first-order valence-corrected chi connectivity index (χ1v) is 7.70. The van der Waals surface area contributed by atoms with Crippen LogP contribution in [0.5, 0.6) is 5.75 Å². The molecular formula is C17H20ClNO3. The van der Waals surface area contributed by atoms with Gasteiger partial charge in [-0.1, -0.05) is 37.6 Å². The van der Waals surface area contributed by atoms with Gasteiger partial charge in [0.15, 0.2) is 5.75 Å². The Hall–Kier alpha value is -1.78. The molecule has 5 heteroatoms. The Balaban J connectivity index is 2.22. The molecule has 1 aromatic carbocycles. The van der Waals surface area contributed by atoms with Gasteiger partial charge in [-0.3, -0.25) is 4.79 Å². The van der Waals surface area contributed by atoms with Crippen LogP contribution in [0.25, 0.3) is 0 Å². The van der Waals surface area contributed by atoms with Gasteiger partial charge in [-0.2, -0.15) is 0 Å². The SMILES string of the molecule is CCC(CC)(NCc1cc(=O)c(O)co1)c1ccc(Cl)cc1. The van der Waals surface area contributed by atoms with Gasteiger partial charge in [0.1, 0.15) is 12.0 Å². The molecule has 0 aliphatic heterocycles. The topological polar surface area (TPSA) is 62.5 Å². The molecule has 0 bridgehead atoms. The molecule has 1 heterocycles. The smallest absolute Gasteiger partial charge is 0.226 e. The molecule has 0 fully saturated rings. The number of benzene rings is 1. The van der Waals surface area contributed by atoms with E-state index in [1.54, 1.807) is 0 Å². The fraction of sp³-hybridized carbons (Fsp3) is 0.353. The molecule has 1 aromatic heterocycles. The van der Waals surface area contributed by atoms with E-state index in [2.05, 4.69) is 19.2 Å². The van der Waals surface area contributed by atoms with Gasteiger partial charge < -0.3 is 14.8 Å². The van der Waals surface area contributed by atoms with Crippen molar-refractivity contribution < 1.29 is 9.52 Å². The lowest BCUT2D eigenvalue weighted by atomic mass is 9.84. The van der Waals surface area contributed by atoms with Gasteiger partial charge in [0.25, 0.3) is 0 Å². The lowest BCUT2D eigenvalue weighted by Gasteiger charge is -2.33. The normalized spacial score (nSPS) is 11.6. The standard InChI is InChI=1S/C17H20ClNO3/c1-3-17(4-2,12-5-7-13(18)8-6-12)19-10-14-9-15(20)16(21)11-22-14/h5-9,11,19,21H,3-4,10H2,1-2H3. The molecular weight excluding hydrogens is 302 g/mol. The molecule has 0 unspecified atom stereocenters. The second-order valence-electron chi connectivity index (χ2n) is 5.25. The lowest BCUT2D eigenvalue weighted by molar-refractivity contribution is 0.289. The Labute approximate surface area is 134 Å². The summed E-state index contributed by atoms with van der Waals surface area (Å²) in [6.45, 7) is 4.62. The molecule has 2 N–H and O–H groups in total. The van der Waals surface area contributed by atoms with E-state index in [0.29, 0.717) is 17.3 Å². The van der Waals surface area contributed by atoms with Crippen LogP contribution in [0.3, 0.4) is 0 Å². The largest absolute Gasteiger partial charge is 0.502 e. The predicted octanol–water partition coefficient (Wildman–Crippen LogP) is 3.80. The maximum Gasteiger partial charge on any atom is 0.226 e. The Bertz CT molecular complexity index is 675. The third-order valence-corrected chi connectivity index (χ3v) is 4.32.